The van der Waals surface area contributed by atoms with Crippen molar-refractivity contribution in [1.82, 2.24) is 24.8 Å². The maximum absolute atomic E-state index is 11.1. The zero-order chi connectivity index (χ0) is 23.9. The first-order valence-corrected chi connectivity index (χ1v) is 13.1. The predicted octanol–water partition coefficient (Wildman–Crippen LogP) is 4.00. The number of aliphatic hydroxyl groups is 2. The van der Waals surface area contributed by atoms with Gasteiger partial charge in [0, 0.05) is 47.6 Å². The van der Waals surface area contributed by atoms with E-state index in [4.69, 9.17) is 16.6 Å². The molecule has 4 atom stereocenters. The summed E-state index contributed by atoms with van der Waals surface area (Å²) in [6.45, 7) is 1.69. The minimum atomic E-state index is -0.912. The van der Waals surface area contributed by atoms with Gasteiger partial charge in [-0.3, -0.25) is 0 Å². The molecule has 1 aromatic carbocycles. The summed E-state index contributed by atoms with van der Waals surface area (Å²) in [5, 5.41) is 29.3. The minimum Gasteiger partial charge on any atom is -0.390 e. The lowest BCUT2D eigenvalue weighted by Crippen LogP contribution is -2.33. The Kier molecular flexibility index (Phi) is 6.16. The first kappa shape index (κ1) is 22.8. The molecule has 35 heavy (non-hydrogen) atoms. The number of rotatable bonds is 5. The van der Waals surface area contributed by atoms with Crippen LogP contribution in [0.4, 0.5) is 0 Å². The molecule has 0 bridgehead atoms. The number of hydrogen-bond acceptors (Lipinski definition) is 7. The summed E-state index contributed by atoms with van der Waals surface area (Å²) >= 11 is 7.76. The summed E-state index contributed by atoms with van der Waals surface area (Å²) in [7, 11) is 0. The van der Waals surface area contributed by atoms with Crippen molar-refractivity contribution in [2.24, 2.45) is 5.92 Å². The molecule has 0 spiro atoms. The third-order valence-electron chi connectivity index (χ3n) is 7.09. The fraction of sp³-hybridized carbons (Fsp3) is 0.346. The Labute approximate surface area is 212 Å². The molecule has 1 aliphatic heterocycles. The Morgan fingerprint density at radius 1 is 1.14 bits per heavy atom. The SMILES string of the molecule is O[C@@H]1[C@H](O)[C@@H](C2=CCCNC2)C[C@H]1n1cc(-c2nc(Cc3ccccc3)cs2)c2cnc(Cl)nc21. The molecule has 4 heterocycles. The zero-order valence-corrected chi connectivity index (χ0v) is 20.6. The van der Waals surface area contributed by atoms with Crippen LogP contribution in [0.5, 0.6) is 0 Å². The summed E-state index contributed by atoms with van der Waals surface area (Å²) in [5.74, 6) is -0.0988. The lowest BCUT2D eigenvalue weighted by atomic mass is 9.92. The van der Waals surface area contributed by atoms with E-state index in [1.54, 1.807) is 17.5 Å². The van der Waals surface area contributed by atoms with Crippen molar-refractivity contribution in [2.75, 3.05) is 13.1 Å². The second kappa shape index (κ2) is 9.44. The average molecular weight is 508 g/mol. The number of fused-ring (bicyclic) bond motifs is 1. The van der Waals surface area contributed by atoms with Crippen LogP contribution in [-0.2, 0) is 6.42 Å². The first-order chi connectivity index (χ1) is 17.1. The Balaban J connectivity index is 1.37. The van der Waals surface area contributed by atoms with E-state index < -0.39 is 12.2 Å². The third kappa shape index (κ3) is 4.30. The topological polar surface area (TPSA) is 96.1 Å². The number of thiazole rings is 1. The van der Waals surface area contributed by atoms with Crippen molar-refractivity contribution in [1.29, 1.82) is 0 Å². The average Bonchev–Trinajstić information content (AvgIpc) is 3.57. The Morgan fingerprint density at radius 2 is 2.00 bits per heavy atom. The lowest BCUT2D eigenvalue weighted by Gasteiger charge is -2.23. The van der Waals surface area contributed by atoms with E-state index in [1.807, 2.05) is 29.0 Å². The molecule has 2 aliphatic rings. The van der Waals surface area contributed by atoms with Crippen LogP contribution in [0.2, 0.25) is 5.28 Å². The molecule has 7 nitrogen and oxygen atoms in total. The van der Waals surface area contributed by atoms with Crippen LogP contribution in [-0.4, -0.2) is 55.0 Å². The van der Waals surface area contributed by atoms with E-state index in [9.17, 15) is 10.2 Å². The lowest BCUT2D eigenvalue weighted by molar-refractivity contribution is 0.0118. The smallest absolute Gasteiger partial charge is 0.224 e. The van der Waals surface area contributed by atoms with E-state index in [-0.39, 0.29) is 17.2 Å². The molecule has 3 N–H and O–H groups in total. The predicted molar refractivity (Wildman–Crippen MR) is 138 cm³/mol. The Morgan fingerprint density at radius 3 is 2.80 bits per heavy atom. The van der Waals surface area contributed by atoms with Gasteiger partial charge in [0.05, 0.1) is 17.8 Å². The van der Waals surface area contributed by atoms with E-state index in [1.165, 1.54) is 11.1 Å². The fourth-order valence-corrected chi connectivity index (χ4v) is 6.32. The van der Waals surface area contributed by atoms with Crippen LogP contribution in [0.1, 0.15) is 30.1 Å². The van der Waals surface area contributed by atoms with Gasteiger partial charge in [0.2, 0.25) is 5.28 Å². The molecular formula is C26H26ClN5O2S. The number of benzene rings is 1. The zero-order valence-electron chi connectivity index (χ0n) is 19.0. The van der Waals surface area contributed by atoms with Crippen LogP contribution in [0.3, 0.4) is 0 Å². The highest BCUT2D eigenvalue weighted by atomic mass is 35.5. The number of aromatic nitrogens is 4. The molecule has 0 unspecified atom stereocenters. The van der Waals surface area contributed by atoms with Gasteiger partial charge in [0.25, 0.3) is 0 Å². The molecule has 4 aromatic rings. The molecule has 1 fully saturated rings. The van der Waals surface area contributed by atoms with Gasteiger partial charge in [-0.2, -0.15) is 4.98 Å². The fourth-order valence-electron chi connectivity index (χ4n) is 5.35. The second-order valence-electron chi connectivity index (χ2n) is 9.27. The van der Waals surface area contributed by atoms with Gasteiger partial charge in [-0.05, 0) is 36.6 Å². The van der Waals surface area contributed by atoms with Gasteiger partial charge in [-0.15, -0.1) is 11.3 Å². The standard InChI is InChI=1S/C26H26ClN5O2S/c27-26-29-12-19-20(25-30-17(14-35-25)9-15-5-2-1-3-6-15)13-32(24(19)31-26)21-10-18(22(33)23(21)34)16-7-4-8-28-11-16/h1-3,5-7,12-14,18,21-23,28,33-34H,4,8-11H2/t18-,21-,22-,23+/m1/s1. The summed E-state index contributed by atoms with van der Waals surface area (Å²) in [6, 6.07) is 9.94. The molecular weight excluding hydrogens is 482 g/mol. The van der Waals surface area contributed by atoms with Crippen LogP contribution < -0.4 is 5.32 Å². The number of nitrogens with one attached hydrogen (secondary N) is 1. The largest absolute Gasteiger partial charge is 0.390 e. The summed E-state index contributed by atoms with van der Waals surface area (Å²) in [4.78, 5) is 13.6. The molecule has 1 aliphatic carbocycles. The van der Waals surface area contributed by atoms with E-state index in [0.717, 1.165) is 47.6 Å². The highest BCUT2D eigenvalue weighted by molar-refractivity contribution is 7.13. The molecule has 6 rings (SSSR count). The maximum atomic E-state index is 11.1. The summed E-state index contributed by atoms with van der Waals surface area (Å²) < 4.78 is 1.96. The molecule has 3 aromatic heterocycles. The van der Waals surface area contributed by atoms with Gasteiger partial charge in [0.15, 0.2) is 0 Å². The first-order valence-electron chi connectivity index (χ1n) is 11.9. The van der Waals surface area contributed by atoms with Crippen molar-refractivity contribution >= 4 is 34.0 Å². The minimum absolute atomic E-state index is 0.0988. The number of halogens is 1. The van der Waals surface area contributed by atoms with E-state index in [0.29, 0.717) is 12.1 Å². The van der Waals surface area contributed by atoms with Gasteiger partial charge in [-0.25, -0.2) is 9.97 Å². The van der Waals surface area contributed by atoms with Gasteiger partial charge < -0.3 is 20.1 Å². The van der Waals surface area contributed by atoms with Crippen LogP contribution >= 0.6 is 22.9 Å². The number of hydrogen-bond donors (Lipinski definition) is 3. The summed E-state index contributed by atoms with van der Waals surface area (Å²) in [5.41, 5.74) is 4.93. The van der Waals surface area contributed by atoms with Crippen molar-refractivity contribution in [3.05, 3.63) is 76.3 Å². The molecule has 0 radical (unpaired) electrons. The molecule has 0 amide bonds. The van der Waals surface area contributed by atoms with Gasteiger partial charge >= 0.3 is 0 Å². The number of aliphatic hydroxyl groups excluding tert-OH is 2. The van der Waals surface area contributed by atoms with E-state index in [2.05, 4.69) is 38.9 Å². The van der Waals surface area contributed by atoms with Gasteiger partial charge in [-0.1, -0.05) is 42.0 Å². The second-order valence-corrected chi connectivity index (χ2v) is 10.5. The van der Waals surface area contributed by atoms with Gasteiger partial charge in [0.1, 0.15) is 16.8 Å². The molecule has 180 valence electrons. The van der Waals surface area contributed by atoms with Crippen LogP contribution in [0, 0.1) is 5.92 Å². The molecule has 0 saturated heterocycles. The monoisotopic (exact) mass is 507 g/mol. The van der Waals surface area contributed by atoms with E-state index >= 15 is 0 Å². The Bertz CT molecular complexity index is 1390. The quantitative estimate of drug-likeness (QED) is 0.279. The Hall–Kier alpha value is -2.62. The summed E-state index contributed by atoms with van der Waals surface area (Å²) in [6.07, 6.45) is 6.48. The van der Waals surface area contributed by atoms with Crippen LogP contribution in [0.25, 0.3) is 21.6 Å². The molecule has 1 saturated carbocycles. The highest BCUT2D eigenvalue weighted by Crippen LogP contribution is 2.43. The molecule has 9 heteroatoms. The van der Waals surface area contributed by atoms with Crippen molar-refractivity contribution < 1.29 is 10.2 Å². The maximum Gasteiger partial charge on any atom is 0.224 e. The van der Waals surface area contributed by atoms with Crippen molar-refractivity contribution in [2.45, 2.75) is 37.5 Å². The normalized spacial score (nSPS) is 24.7. The highest BCUT2D eigenvalue weighted by Gasteiger charge is 2.44. The third-order valence-corrected chi connectivity index (χ3v) is 8.20. The van der Waals surface area contributed by atoms with Crippen LogP contribution in [0.15, 0.2) is 59.8 Å². The van der Waals surface area contributed by atoms with Crippen molar-refractivity contribution in [3.63, 3.8) is 0 Å². The number of nitrogens with zero attached hydrogens (tertiary/aromatic N) is 4. The van der Waals surface area contributed by atoms with Crippen molar-refractivity contribution in [3.8, 4) is 10.6 Å².